The second-order valence-electron chi connectivity index (χ2n) is 7.23. The first-order chi connectivity index (χ1) is 12.3. The normalized spacial score (nSPS) is 21.9. The molecule has 25 heavy (non-hydrogen) atoms. The van der Waals surface area contributed by atoms with Crippen molar-refractivity contribution in [1.82, 2.24) is 19.7 Å². The summed E-state index contributed by atoms with van der Waals surface area (Å²) in [6, 6.07) is 11.1. The molecule has 0 unspecified atom stereocenters. The molecule has 4 rings (SSSR count). The molecule has 0 aliphatic carbocycles. The van der Waals surface area contributed by atoms with Crippen LogP contribution in [-0.4, -0.2) is 37.7 Å². The Hall–Kier alpha value is -2.17. The highest BCUT2D eigenvalue weighted by atomic mass is 16.2. The molecule has 5 nitrogen and oxygen atoms in total. The average Bonchev–Trinajstić information content (AvgIpc) is 3.15. The number of hydrogen-bond donors (Lipinski definition) is 0. The van der Waals surface area contributed by atoms with Crippen molar-refractivity contribution in [3.05, 3.63) is 47.5 Å². The van der Waals surface area contributed by atoms with E-state index in [0.717, 1.165) is 56.7 Å². The van der Waals surface area contributed by atoms with Gasteiger partial charge in [0, 0.05) is 31.8 Å². The third kappa shape index (κ3) is 3.20. The molecule has 1 aromatic carbocycles. The second-order valence-corrected chi connectivity index (χ2v) is 7.23. The van der Waals surface area contributed by atoms with E-state index in [1.165, 1.54) is 5.56 Å². The molecule has 2 aliphatic rings. The smallest absolute Gasteiger partial charge is 0.223 e. The monoisotopic (exact) mass is 338 g/mol. The summed E-state index contributed by atoms with van der Waals surface area (Å²) in [7, 11) is 0. The molecule has 0 N–H and O–H groups in total. The van der Waals surface area contributed by atoms with E-state index in [9.17, 15) is 4.79 Å². The summed E-state index contributed by atoms with van der Waals surface area (Å²) in [6.07, 6.45) is 6.50. The maximum Gasteiger partial charge on any atom is 0.223 e. The zero-order chi connectivity index (χ0) is 17.2. The molecule has 2 bridgehead atoms. The summed E-state index contributed by atoms with van der Waals surface area (Å²) in [5.41, 5.74) is 1.31. The van der Waals surface area contributed by atoms with E-state index >= 15 is 0 Å². The molecule has 0 spiro atoms. The lowest BCUT2D eigenvalue weighted by molar-refractivity contribution is -0.134. The first-order valence-electron chi connectivity index (χ1n) is 9.52. The van der Waals surface area contributed by atoms with Crippen molar-refractivity contribution in [2.24, 2.45) is 0 Å². The highest BCUT2D eigenvalue weighted by Gasteiger charge is 2.40. The summed E-state index contributed by atoms with van der Waals surface area (Å²) in [5.74, 6) is 2.44. The van der Waals surface area contributed by atoms with Crippen molar-refractivity contribution in [2.75, 3.05) is 0 Å². The van der Waals surface area contributed by atoms with Gasteiger partial charge in [0.1, 0.15) is 11.6 Å². The molecule has 0 radical (unpaired) electrons. The van der Waals surface area contributed by atoms with Gasteiger partial charge in [-0.15, -0.1) is 10.2 Å². The lowest BCUT2D eigenvalue weighted by atomic mass is 10.1. The molecule has 5 heteroatoms. The van der Waals surface area contributed by atoms with E-state index in [4.69, 9.17) is 0 Å². The Morgan fingerprint density at radius 1 is 1.16 bits per heavy atom. The molecular weight excluding hydrogens is 312 g/mol. The Kier molecular flexibility index (Phi) is 4.55. The fourth-order valence-electron chi connectivity index (χ4n) is 4.38. The van der Waals surface area contributed by atoms with E-state index in [1.54, 1.807) is 0 Å². The predicted octanol–water partition coefficient (Wildman–Crippen LogP) is 2.78. The minimum absolute atomic E-state index is 0.310. The zero-order valence-electron chi connectivity index (χ0n) is 14.9. The van der Waals surface area contributed by atoms with Gasteiger partial charge in [-0.25, -0.2) is 0 Å². The highest BCUT2D eigenvalue weighted by Crippen LogP contribution is 2.32. The Morgan fingerprint density at radius 2 is 1.96 bits per heavy atom. The third-order valence-electron chi connectivity index (χ3n) is 5.64. The molecule has 2 aliphatic heterocycles. The molecule has 1 amide bonds. The van der Waals surface area contributed by atoms with Crippen LogP contribution in [0.15, 0.2) is 30.3 Å². The van der Waals surface area contributed by atoms with Crippen LogP contribution in [0.25, 0.3) is 0 Å². The second kappa shape index (κ2) is 6.98. The van der Waals surface area contributed by atoms with Crippen molar-refractivity contribution < 1.29 is 4.79 Å². The van der Waals surface area contributed by atoms with Crippen LogP contribution in [0.5, 0.6) is 0 Å². The number of aryl methyl sites for hydroxylation is 2. The number of carbonyl (C=O) groups is 1. The lowest BCUT2D eigenvalue weighted by Crippen LogP contribution is -2.42. The van der Waals surface area contributed by atoms with Gasteiger partial charge in [0.05, 0.1) is 6.04 Å². The predicted molar refractivity (Wildman–Crippen MR) is 96.1 cm³/mol. The molecule has 1 aromatic heterocycles. The van der Waals surface area contributed by atoms with Crippen LogP contribution in [0.4, 0.5) is 0 Å². The number of rotatable bonds is 5. The number of amides is 1. The number of benzene rings is 1. The molecule has 1 saturated heterocycles. The minimum atomic E-state index is 0.310. The largest absolute Gasteiger partial charge is 0.334 e. The summed E-state index contributed by atoms with van der Waals surface area (Å²) in [4.78, 5) is 15.1. The quantitative estimate of drug-likeness (QED) is 0.842. The van der Waals surface area contributed by atoms with Gasteiger partial charge in [-0.2, -0.15) is 0 Å². The van der Waals surface area contributed by atoms with Crippen LogP contribution in [0.2, 0.25) is 0 Å². The number of aromatic nitrogens is 3. The van der Waals surface area contributed by atoms with Crippen molar-refractivity contribution >= 4 is 5.91 Å². The Labute approximate surface area is 149 Å². The van der Waals surface area contributed by atoms with Gasteiger partial charge in [0.2, 0.25) is 5.91 Å². The van der Waals surface area contributed by atoms with Crippen LogP contribution in [0, 0.1) is 0 Å². The van der Waals surface area contributed by atoms with Gasteiger partial charge in [-0.05, 0) is 31.2 Å². The van der Waals surface area contributed by atoms with Crippen molar-refractivity contribution in [2.45, 2.75) is 70.5 Å². The number of carbonyl (C=O) groups excluding carboxylic acids is 1. The molecule has 3 heterocycles. The maximum absolute atomic E-state index is 12.9. The van der Waals surface area contributed by atoms with Gasteiger partial charge in [0.25, 0.3) is 0 Å². The zero-order valence-corrected chi connectivity index (χ0v) is 14.9. The number of fused-ring (bicyclic) bond motifs is 3. The van der Waals surface area contributed by atoms with Crippen molar-refractivity contribution in [1.29, 1.82) is 0 Å². The topological polar surface area (TPSA) is 51.0 Å². The molecule has 132 valence electrons. The van der Waals surface area contributed by atoms with Crippen LogP contribution in [-0.2, 0) is 30.6 Å². The van der Waals surface area contributed by atoms with Gasteiger partial charge in [-0.3, -0.25) is 4.79 Å². The SMILES string of the molecule is CCc1nnc2n1C[C@H]1CC[C@@H](C2)N1C(=O)CCCc1ccccc1. The molecular formula is C20H26N4O. The summed E-state index contributed by atoms with van der Waals surface area (Å²) >= 11 is 0. The first-order valence-corrected chi connectivity index (χ1v) is 9.52. The fourth-order valence-corrected chi connectivity index (χ4v) is 4.38. The summed E-state index contributed by atoms with van der Waals surface area (Å²) < 4.78 is 2.26. The highest BCUT2D eigenvalue weighted by molar-refractivity contribution is 5.77. The standard InChI is InChI=1S/C20H26N4O/c1-2-18-21-22-19-13-16-11-12-17(14-23(18)19)24(16)20(25)10-6-9-15-7-4-3-5-8-15/h3-5,7-8,16-17H,2,6,9-14H2,1H3/t16-,17+/m0/s1. The van der Waals surface area contributed by atoms with E-state index in [1.807, 2.05) is 6.07 Å². The molecule has 1 fully saturated rings. The van der Waals surface area contributed by atoms with Gasteiger partial charge >= 0.3 is 0 Å². The Morgan fingerprint density at radius 3 is 2.76 bits per heavy atom. The number of nitrogens with zero attached hydrogens (tertiary/aromatic N) is 4. The van der Waals surface area contributed by atoms with E-state index in [0.29, 0.717) is 24.4 Å². The number of hydrogen-bond acceptors (Lipinski definition) is 3. The van der Waals surface area contributed by atoms with Crippen molar-refractivity contribution in [3.63, 3.8) is 0 Å². The van der Waals surface area contributed by atoms with Crippen LogP contribution in [0.3, 0.4) is 0 Å². The van der Waals surface area contributed by atoms with E-state index in [2.05, 4.69) is 50.9 Å². The average molecular weight is 338 g/mol. The van der Waals surface area contributed by atoms with Crippen LogP contribution >= 0.6 is 0 Å². The van der Waals surface area contributed by atoms with Crippen molar-refractivity contribution in [3.8, 4) is 0 Å². The maximum atomic E-state index is 12.9. The third-order valence-corrected chi connectivity index (χ3v) is 5.64. The lowest BCUT2D eigenvalue weighted by Gasteiger charge is -2.28. The molecule has 2 aromatic rings. The van der Waals surface area contributed by atoms with Gasteiger partial charge < -0.3 is 9.47 Å². The van der Waals surface area contributed by atoms with Gasteiger partial charge in [0.15, 0.2) is 0 Å². The Balaban J connectivity index is 1.41. The minimum Gasteiger partial charge on any atom is -0.334 e. The molecule has 2 atom stereocenters. The summed E-state index contributed by atoms with van der Waals surface area (Å²) in [5, 5.41) is 8.69. The molecule has 0 saturated carbocycles. The van der Waals surface area contributed by atoms with Crippen LogP contribution < -0.4 is 0 Å². The van der Waals surface area contributed by atoms with E-state index < -0.39 is 0 Å². The van der Waals surface area contributed by atoms with E-state index in [-0.39, 0.29) is 0 Å². The Bertz CT molecular complexity index is 739. The van der Waals surface area contributed by atoms with Gasteiger partial charge in [-0.1, -0.05) is 37.3 Å². The first kappa shape index (κ1) is 16.3. The summed E-state index contributed by atoms with van der Waals surface area (Å²) in [6.45, 7) is 2.99. The van der Waals surface area contributed by atoms with Crippen LogP contribution in [0.1, 0.15) is 49.8 Å². The fraction of sp³-hybridized carbons (Fsp3) is 0.550.